The molecule has 5 heterocycles. The number of amides is 2. The van der Waals surface area contributed by atoms with Crippen LogP contribution in [0.3, 0.4) is 0 Å². The lowest BCUT2D eigenvalue weighted by Crippen LogP contribution is -2.56. The Morgan fingerprint density at radius 1 is 1.22 bits per heavy atom. The van der Waals surface area contributed by atoms with Crippen molar-refractivity contribution in [3.63, 3.8) is 0 Å². The maximum Gasteiger partial charge on any atom is 0.251 e. The molecule has 1 saturated heterocycles. The van der Waals surface area contributed by atoms with Gasteiger partial charge in [0, 0.05) is 44.5 Å². The number of pyridine rings is 1. The summed E-state index contributed by atoms with van der Waals surface area (Å²) in [5.74, 6) is 0.250. The second kappa shape index (κ2) is 12.8. The van der Waals surface area contributed by atoms with Crippen LogP contribution in [0, 0.1) is 0 Å². The van der Waals surface area contributed by atoms with Crippen LogP contribution < -0.4 is 15.5 Å². The van der Waals surface area contributed by atoms with Gasteiger partial charge in [-0.15, -0.1) is 11.3 Å². The Morgan fingerprint density at radius 2 is 2.07 bits per heavy atom. The second-order valence-corrected chi connectivity index (χ2v) is 10.9. The Labute approximate surface area is 243 Å². The van der Waals surface area contributed by atoms with E-state index in [-0.39, 0.29) is 30.5 Å². The highest BCUT2D eigenvalue weighted by Crippen LogP contribution is 2.31. The monoisotopic (exact) mass is 576 g/mol. The highest BCUT2D eigenvalue weighted by molar-refractivity contribution is 7.13. The van der Waals surface area contributed by atoms with Crippen LogP contribution in [0.25, 0.3) is 27.5 Å². The third kappa shape index (κ3) is 5.95. The van der Waals surface area contributed by atoms with E-state index in [1.54, 1.807) is 41.2 Å². The lowest BCUT2D eigenvalue weighted by atomic mass is 10.0. The molecule has 0 aliphatic carbocycles. The molecule has 0 bridgehead atoms. The number of anilines is 1. The molecule has 1 aliphatic rings. The fourth-order valence-corrected chi connectivity index (χ4v) is 5.91. The molecule has 1 aliphatic heterocycles. The topological polar surface area (TPSA) is 128 Å². The van der Waals surface area contributed by atoms with Crippen LogP contribution >= 0.6 is 11.3 Å². The first-order valence-corrected chi connectivity index (χ1v) is 14.9. The minimum atomic E-state index is -0.341. The van der Waals surface area contributed by atoms with Crippen molar-refractivity contribution in [1.82, 2.24) is 35.1 Å². The second-order valence-electron chi connectivity index (χ2n) is 9.95. The standard InChI is InChI=1S/C29H36N8O3S/c1-4-20(35(5-2)12-13-38)17-31-28(39)19-15-23(33-26(16-19)36-10-9-24(36)29(40)30-3)21-18-32-37-11-8-22(34-27(21)37)25-7-6-14-41-25/h6-8,11,14-16,18,20,24,38H,4-5,9-10,12-13,17H2,1-3H3,(H,30,40)(H,31,39)/t20-,24-/m0/s1. The molecule has 1 fully saturated rings. The van der Waals surface area contributed by atoms with Gasteiger partial charge in [0.2, 0.25) is 5.91 Å². The molecular weight excluding hydrogens is 540 g/mol. The maximum atomic E-state index is 13.5. The van der Waals surface area contributed by atoms with Crippen LogP contribution in [0.5, 0.6) is 0 Å². The molecule has 3 N–H and O–H groups in total. The van der Waals surface area contributed by atoms with E-state index in [0.717, 1.165) is 23.5 Å². The lowest BCUT2D eigenvalue weighted by molar-refractivity contribution is -0.123. The predicted octanol–water partition coefficient (Wildman–Crippen LogP) is 2.67. The van der Waals surface area contributed by atoms with E-state index in [2.05, 4.69) is 27.6 Å². The molecule has 0 spiro atoms. The van der Waals surface area contributed by atoms with Crippen LogP contribution in [0.15, 0.2) is 48.1 Å². The number of aliphatic hydroxyl groups excluding tert-OH is 1. The number of likely N-dealkylation sites (N-methyl/N-ethyl adjacent to an activating group) is 2. The van der Waals surface area contributed by atoms with Crippen molar-refractivity contribution in [2.75, 3.05) is 44.7 Å². The third-order valence-electron chi connectivity index (χ3n) is 7.63. The van der Waals surface area contributed by atoms with Gasteiger partial charge in [0.15, 0.2) is 5.65 Å². The number of nitrogens with zero attached hydrogens (tertiary/aromatic N) is 6. The van der Waals surface area contributed by atoms with Crippen molar-refractivity contribution < 1.29 is 14.7 Å². The van der Waals surface area contributed by atoms with E-state index in [1.807, 2.05) is 41.6 Å². The minimum absolute atomic E-state index is 0.0690. The molecule has 216 valence electrons. The Morgan fingerprint density at radius 3 is 2.73 bits per heavy atom. The summed E-state index contributed by atoms with van der Waals surface area (Å²) >= 11 is 1.61. The number of aromatic nitrogens is 4. The smallest absolute Gasteiger partial charge is 0.251 e. The number of hydrogen-bond acceptors (Lipinski definition) is 9. The average Bonchev–Trinajstić information content (AvgIpc) is 3.66. The maximum absolute atomic E-state index is 13.5. The summed E-state index contributed by atoms with van der Waals surface area (Å²) in [4.78, 5) is 40.9. The molecule has 11 nitrogen and oxygen atoms in total. The van der Waals surface area contributed by atoms with Gasteiger partial charge in [-0.05, 0) is 49.0 Å². The fraction of sp³-hybridized carbons (Fsp3) is 0.414. The summed E-state index contributed by atoms with van der Waals surface area (Å²) in [5.41, 5.74) is 3.17. The Hall–Kier alpha value is -3.87. The molecule has 12 heteroatoms. The molecule has 41 heavy (non-hydrogen) atoms. The van der Waals surface area contributed by atoms with Gasteiger partial charge in [0.1, 0.15) is 11.9 Å². The molecule has 0 unspecified atom stereocenters. The number of nitrogens with one attached hydrogen (secondary N) is 2. The first-order valence-electron chi connectivity index (χ1n) is 14.0. The van der Waals surface area contributed by atoms with Crippen molar-refractivity contribution in [3.05, 3.63) is 53.7 Å². The Kier molecular flexibility index (Phi) is 8.91. The van der Waals surface area contributed by atoms with Gasteiger partial charge in [-0.2, -0.15) is 5.10 Å². The first-order chi connectivity index (χ1) is 20.0. The van der Waals surface area contributed by atoms with Gasteiger partial charge in [0.25, 0.3) is 5.91 Å². The highest BCUT2D eigenvalue weighted by Gasteiger charge is 2.35. The summed E-state index contributed by atoms with van der Waals surface area (Å²) < 4.78 is 1.70. The molecule has 0 aromatic carbocycles. The van der Waals surface area contributed by atoms with Gasteiger partial charge >= 0.3 is 0 Å². The highest BCUT2D eigenvalue weighted by atomic mass is 32.1. The zero-order valence-electron chi connectivity index (χ0n) is 23.6. The molecule has 2 atom stereocenters. The molecule has 2 amide bonds. The Balaban J connectivity index is 1.51. The van der Waals surface area contributed by atoms with Crippen LogP contribution in [0.4, 0.5) is 5.82 Å². The average molecular weight is 577 g/mol. The van der Waals surface area contributed by atoms with Crippen molar-refractivity contribution >= 4 is 34.6 Å². The summed E-state index contributed by atoms with van der Waals surface area (Å²) in [6, 6.07) is 9.20. The zero-order valence-corrected chi connectivity index (χ0v) is 24.4. The largest absolute Gasteiger partial charge is 0.395 e. The fourth-order valence-electron chi connectivity index (χ4n) is 5.22. The lowest BCUT2D eigenvalue weighted by Gasteiger charge is -2.40. The van der Waals surface area contributed by atoms with Crippen molar-refractivity contribution in [2.45, 2.75) is 38.8 Å². The van der Waals surface area contributed by atoms with Crippen molar-refractivity contribution in [3.8, 4) is 21.8 Å². The van der Waals surface area contributed by atoms with Crippen molar-refractivity contribution in [2.24, 2.45) is 0 Å². The normalized spacial score (nSPS) is 15.6. The molecular formula is C29H36N8O3S. The number of aliphatic hydroxyl groups is 1. The third-order valence-corrected chi connectivity index (χ3v) is 8.53. The van der Waals surface area contributed by atoms with Gasteiger partial charge in [-0.1, -0.05) is 19.9 Å². The van der Waals surface area contributed by atoms with E-state index in [9.17, 15) is 14.7 Å². The minimum Gasteiger partial charge on any atom is -0.395 e. The number of fused-ring (bicyclic) bond motifs is 1. The van der Waals surface area contributed by atoms with Gasteiger partial charge in [-0.25, -0.2) is 14.5 Å². The summed E-state index contributed by atoms with van der Waals surface area (Å²) in [6.45, 7) is 6.64. The van der Waals surface area contributed by atoms with E-state index in [4.69, 9.17) is 9.97 Å². The van der Waals surface area contributed by atoms with Gasteiger partial charge in [-0.3, -0.25) is 14.5 Å². The summed E-state index contributed by atoms with van der Waals surface area (Å²) in [6.07, 6.45) is 5.13. The van der Waals surface area contributed by atoms with E-state index in [1.165, 1.54) is 0 Å². The molecule has 4 aromatic rings. The van der Waals surface area contributed by atoms with Gasteiger partial charge in [0.05, 0.1) is 34.6 Å². The summed E-state index contributed by atoms with van der Waals surface area (Å²) in [5, 5.41) is 21.8. The number of rotatable bonds is 12. The van der Waals surface area contributed by atoms with Crippen LogP contribution in [0.1, 0.15) is 37.0 Å². The molecule has 0 saturated carbocycles. The number of hydrogen-bond donors (Lipinski definition) is 3. The van der Waals surface area contributed by atoms with E-state index in [0.29, 0.717) is 54.3 Å². The van der Waals surface area contributed by atoms with Crippen LogP contribution in [-0.4, -0.2) is 93.3 Å². The molecule has 0 radical (unpaired) electrons. The molecule has 5 rings (SSSR count). The number of carbonyl (C=O) groups is 2. The van der Waals surface area contributed by atoms with Gasteiger partial charge < -0.3 is 20.6 Å². The molecule has 4 aromatic heterocycles. The predicted molar refractivity (Wildman–Crippen MR) is 160 cm³/mol. The number of carbonyl (C=O) groups excluding carboxylic acids is 2. The number of thiophene rings is 1. The van der Waals surface area contributed by atoms with Crippen LogP contribution in [-0.2, 0) is 4.79 Å². The summed E-state index contributed by atoms with van der Waals surface area (Å²) in [7, 11) is 1.62. The van der Waals surface area contributed by atoms with Crippen LogP contribution in [0.2, 0.25) is 0 Å². The SMILES string of the molecule is CC[C@@H](CNC(=O)c1cc(-c2cnn3ccc(-c4cccs4)nc23)nc(N2CC[C@H]2C(=O)NC)c1)N(CC)CCO. The quantitative estimate of drug-likeness (QED) is 0.235. The van der Waals surface area contributed by atoms with E-state index >= 15 is 0 Å². The zero-order chi connectivity index (χ0) is 28.9. The first kappa shape index (κ1) is 28.7. The van der Waals surface area contributed by atoms with Crippen molar-refractivity contribution in [1.29, 1.82) is 0 Å². The van der Waals surface area contributed by atoms with E-state index < -0.39 is 0 Å². The Bertz CT molecular complexity index is 1510.